The zero-order valence-electron chi connectivity index (χ0n) is 13.1. The van der Waals surface area contributed by atoms with Crippen LogP contribution in [0.5, 0.6) is 0 Å². The van der Waals surface area contributed by atoms with E-state index in [-0.39, 0.29) is 11.6 Å². The summed E-state index contributed by atoms with van der Waals surface area (Å²) in [5, 5.41) is 1.34. The summed E-state index contributed by atoms with van der Waals surface area (Å²) in [6, 6.07) is 5.89. The Bertz CT molecular complexity index is 457. The molecule has 21 heavy (non-hydrogen) atoms. The number of hydrogen-bond donors (Lipinski definition) is 1. The summed E-state index contributed by atoms with van der Waals surface area (Å²) in [5.74, 6) is 0. The normalized spacial score (nSPS) is 19.7. The van der Waals surface area contributed by atoms with E-state index < -0.39 is 0 Å². The van der Waals surface area contributed by atoms with E-state index in [0.717, 1.165) is 31.7 Å². The molecule has 1 unspecified atom stereocenters. The molecule has 1 fully saturated rings. The molecule has 0 bridgehead atoms. The van der Waals surface area contributed by atoms with E-state index in [1.165, 1.54) is 0 Å². The molecule has 2 N–H and O–H groups in total. The average Bonchev–Trinajstić information content (AvgIpc) is 2.38. The van der Waals surface area contributed by atoms with Crippen LogP contribution in [-0.2, 0) is 0 Å². The lowest BCUT2D eigenvalue weighted by molar-refractivity contribution is 0.0433. The fourth-order valence-electron chi connectivity index (χ4n) is 2.97. The summed E-state index contributed by atoms with van der Waals surface area (Å²) in [7, 11) is 0. The molecule has 0 aromatic heterocycles. The van der Waals surface area contributed by atoms with Crippen LogP contribution in [0.1, 0.15) is 32.4 Å². The zero-order valence-corrected chi connectivity index (χ0v) is 14.6. The predicted molar refractivity (Wildman–Crippen MR) is 91.2 cm³/mol. The highest BCUT2D eigenvalue weighted by molar-refractivity contribution is 6.34. The first kappa shape index (κ1) is 17.0. The molecule has 2 rings (SSSR count). The van der Waals surface area contributed by atoms with Crippen LogP contribution in [0.15, 0.2) is 18.2 Å². The van der Waals surface area contributed by atoms with Gasteiger partial charge in [-0.15, -0.1) is 0 Å². The number of benzene rings is 1. The van der Waals surface area contributed by atoms with Crippen molar-refractivity contribution < 1.29 is 0 Å². The van der Waals surface area contributed by atoms with E-state index >= 15 is 0 Å². The molecule has 0 radical (unpaired) electrons. The van der Waals surface area contributed by atoms with Gasteiger partial charge in [0.1, 0.15) is 0 Å². The van der Waals surface area contributed by atoms with Crippen molar-refractivity contribution in [1.29, 1.82) is 0 Å². The molecule has 1 aromatic carbocycles. The maximum atomic E-state index is 6.12. The lowest BCUT2D eigenvalue weighted by Gasteiger charge is -2.44. The molecule has 3 nitrogen and oxygen atoms in total. The van der Waals surface area contributed by atoms with Crippen molar-refractivity contribution in [1.82, 2.24) is 9.80 Å². The summed E-state index contributed by atoms with van der Waals surface area (Å²) >= 11 is 12.2. The first-order valence-corrected chi connectivity index (χ1v) is 8.22. The lowest BCUT2D eigenvalue weighted by Crippen LogP contribution is -2.54. The minimum Gasteiger partial charge on any atom is -0.329 e. The monoisotopic (exact) mass is 329 g/mol. The smallest absolute Gasteiger partial charge is 0.0472 e. The van der Waals surface area contributed by atoms with Crippen LogP contribution in [0.4, 0.5) is 0 Å². The highest BCUT2D eigenvalue weighted by Crippen LogP contribution is 2.28. The van der Waals surface area contributed by atoms with E-state index in [2.05, 4.69) is 30.6 Å². The Labute approximate surface area is 138 Å². The first-order chi connectivity index (χ1) is 9.81. The number of rotatable bonds is 3. The van der Waals surface area contributed by atoms with Gasteiger partial charge in [-0.1, -0.05) is 23.2 Å². The Hall–Kier alpha value is -0.320. The van der Waals surface area contributed by atoms with Gasteiger partial charge in [-0.25, -0.2) is 0 Å². The van der Waals surface area contributed by atoms with Gasteiger partial charge in [-0.3, -0.25) is 9.80 Å². The summed E-state index contributed by atoms with van der Waals surface area (Å²) in [5.41, 5.74) is 7.35. The molecule has 0 aliphatic carbocycles. The Kier molecular flexibility index (Phi) is 5.55. The van der Waals surface area contributed by atoms with Crippen LogP contribution >= 0.6 is 23.2 Å². The van der Waals surface area contributed by atoms with Gasteiger partial charge in [0.25, 0.3) is 0 Å². The van der Waals surface area contributed by atoms with Gasteiger partial charge < -0.3 is 5.73 Å². The number of nitrogens with zero attached hydrogens (tertiary/aromatic N) is 2. The molecule has 1 aliphatic heterocycles. The molecule has 1 heterocycles. The van der Waals surface area contributed by atoms with Crippen molar-refractivity contribution in [3.05, 3.63) is 33.8 Å². The molecule has 0 amide bonds. The Morgan fingerprint density at radius 1 is 1.05 bits per heavy atom. The SMILES string of the molecule is CC(C)(C)N1CCN(C(CN)c2cc(Cl)cc(Cl)c2)CC1. The second-order valence-electron chi connectivity index (χ2n) is 6.65. The molecule has 118 valence electrons. The van der Waals surface area contributed by atoms with Crippen molar-refractivity contribution in [2.75, 3.05) is 32.7 Å². The van der Waals surface area contributed by atoms with Gasteiger partial charge in [-0.2, -0.15) is 0 Å². The molecule has 1 aromatic rings. The maximum absolute atomic E-state index is 6.12. The standard InChI is InChI=1S/C16H25Cl2N3/c1-16(2,3)21-6-4-20(5-7-21)15(11-19)12-8-13(17)10-14(18)9-12/h8-10,15H,4-7,11,19H2,1-3H3. The van der Waals surface area contributed by atoms with E-state index in [4.69, 9.17) is 28.9 Å². The van der Waals surface area contributed by atoms with Gasteiger partial charge in [0.2, 0.25) is 0 Å². The summed E-state index contributed by atoms with van der Waals surface area (Å²) in [6.45, 7) is 11.5. The number of piperazine rings is 1. The lowest BCUT2D eigenvalue weighted by atomic mass is 10.0. The average molecular weight is 330 g/mol. The third-order valence-electron chi connectivity index (χ3n) is 4.20. The third kappa shape index (κ3) is 4.33. The predicted octanol–water partition coefficient (Wildman–Crippen LogP) is 3.41. The molecule has 1 saturated heterocycles. The fraction of sp³-hybridized carbons (Fsp3) is 0.625. The molecule has 0 spiro atoms. The van der Waals surface area contributed by atoms with Gasteiger partial charge in [0, 0.05) is 54.3 Å². The molecular weight excluding hydrogens is 305 g/mol. The minimum atomic E-state index is 0.184. The molecule has 0 saturated carbocycles. The van der Waals surface area contributed by atoms with Crippen molar-refractivity contribution in [3.63, 3.8) is 0 Å². The van der Waals surface area contributed by atoms with Crippen LogP contribution < -0.4 is 5.73 Å². The molecule has 5 heteroatoms. The Balaban J connectivity index is 2.09. The largest absolute Gasteiger partial charge is 0.329 e. The van der Waals surface area contributed by atoms with E-state index in [0.29, 0.717) is 16.6 Å². The van der Waals surface area contributed by atoms with Crippen LogP contribution in [-0.4, -0.2) is 48.1 Å². The second kappa shape index (κ2) is 6.84. The quantitative estimate of drug-likeness (QED) is 0.922. The minimum absolute atomic E-state index is 0.184. The topological polar surface area (TPSA) is 32.5 Å². The van der Waals surface area contributed by atoms with Crippen LogP contribution in [0, 0.1) is 0 Å². The second-order valence-corrected chi connectivity index (χ2v) is 7.52. The van der Waals surface area contributed by atoms with E-state index in [1.54, 1.807) is 6.07 Å². The maximum Gasteiger partial charge on any atom is 0.0472 e. The van der Waals surface area contributed by atoms with Crippen molar-refractivity contribution in [2.45, 2.75) is 32.4 Å². The van der Waals surface area contributed by atoms with Gasteiger partial charge in [0.15, 0.2) is 0 Å². The highest BCUT2D eigenvalue weighted by atomic mass is 35.5. The number of halogens is 2. The first-order valence-electron chi connectivity index (χ1n) is 7.46. The zero-order chi connectivity index (χ0) is 15.6. The van der Waals surface area contributed by atoms with Crippen molar-refractivity contribution in [2.24, 2.45) is 5.73 Å². The van der Waals surface area contributed by atoms with Gasteiger partial charge in [-0.05, 0) is 44.5 Å². The van der Waals surface area contributed by atoms with Crippen molar-refractivity contribution in [3.8, 4) is 0 Å². The summed E-state index contributed by atoms with van der Waals surface area (Å²) in [4.78, 5) is 4.95. The third-order valence-corrected chi connectivity index (χ3v) is 4.63. The Morgan fingerprint density at radius 3 is 2.00 bits per heavy atom. The van der Waals surface area contributed by atoms with Crippen LogP contribution in [0.3, 0.4) is 0 Å². The van der Waals surface area contributed by atoms with Gasteiger partial charge in [0.05, 0.1) is 0 Å². The highest BCUT2D eigenvalue weighted by Gasteiger charge is 2.29. The van der Waals surface area contributed by atoms with Gasteiger partial charge >= 0.3 is 0 Å². The molecule has 1 atom stereocenters. The van der Waals surface area contributed by atoms with Crippen LogP contribution in [0.2, 0.25) is 10.0 Å². The van der Waals surface area contributed by atoms with Crippen molar-refractivity contribution >= 4 is 23.2 Å². The van der Waals surface area contributed by atoms with E-state index in [9.17, 15) is 0 Å². The van der Waals surface area contributed by atoms with E-state index in [1.807, 2.05) is 12.1 Å². The summed E-state index contributed by atoms with van der Waals surface area (Å²) < 4.78 is 0. The number of hydrogen-bond acceptors (Lipinski definition) is 3. The fourth-order valence-corrected chi connectivity index (χ4v) is 3.51. The number of nitrogens with two attached hydrogens (primary N) is 1. The molecule has 1 aliphatic rings. The summed E-state index contributed by atoms with van der Waals surface area (Å²) in [6.07, 6.45) is 0. The Morgan fingerprint density at radius 2 is 1.57 bits per heavy atom. The van der Waals surface area contributed by atoms with Crippen LogP contribution in [0.25, 0.3) is 0 Å². The molecular formula is C16H25Cl2N3.